The molecule has 3 heteroatoms. The van der Waals surface area contributed by atoms with Crippen molar-refractivity contribution in [3.8, 4) is 27.9 Å². The zero-order valence-corrected chi connectivity index (χ0v) is 23.3. The minimum Gasteiger partial charge on any atom is -0.309 e. The van der Waals surface area contributed by atoms with Gasteiger partial charge in [-0.2, -0.15) is 0 Å². The highest BCUT2D eigenvalue weighted by molar-refractivity contribution is 9.10. The second-order valence-corrected chi connectivity index (χ2v) is 11.9. The van der Waals surface area contributed by atoms with Crippen LogP contribution in [0.5, 0.6) is 0 Å². The Hall–Kier alpha value is -4.18. The van der Waals surface area contributed by atoms with E-state index in [9.17, 15) is 0 Å². The summed E-state index contributed by atoms with van der Waals surface area (Å²) in [6.45, 7) is 0. The van der Waals surface area contributed by atoms with Gasteiger partial charge in [-0.15, -0.1) is 11.3 Å². The van der Waals surface area contributed by atoms with Crippen LogP contribution < -0.4 is 0 Å². The lowest BCUT2D eigenvalue weighted by atomic mass is 9.98. The van der Waals surface area contributed by atoms with Gasteiger partial charge in [-0.05, 0) is 70.8 Å². The number of para-hydroxylation sites is 1. The maximum atomic E-state index is 3.72. The molecule has 0 bridgehead atoms. The van der Waals surface area contributed by atoms with Gasteiger partial charge in [0, 0.05) is 41.1 Å². The van der Waals surface area contributed by atoms with E-state index in [0.29, 0.717) is 0 Å². The fraction of sp³-hybridized carbons (Fsp3) is 0. The third-order valence-corrected chi connectivity index (χ3v) is 9.50. The van der Waals surface area contributed by atoms with Gasteiger partial charge >= 0.3 is 0 Å². The molecule has 2 aromatic heterocycles. The van der Waals surface area contributed by atoms with E-state index >= 15 is 0 Å². The molecule has 8 rings (SSSR count). The third-order valence-electron chi connectivity index (χ3n) is 7.67. The SMILES string of the molecule is Brc1ccccc1-c1cccc(-c2ccc3c(c2)c2ccccc2n3-c2ccc3c(c2)sc2ccccc23)c1. The molecule has 39 heavy (non-hydrogen) atoms. The van der Waals surface area contributed by atoms with Crippen molar-refractivity contribution in [2.24, 2.45) is 0 Å². The van der Waals surface area contributed by atoms with Crippen molar-refractivity contribution in [1.29, 1.82) is 0 Å². The van der Waals surface area contributed by atoms with Crippen LogP contribution in [0.2, 0.25) is 0 Å². The van der Waals surface area contributed by atoms with Crippen LogP contribution in [0, 0.1) is 0 Å². The normalized spacial score (nSPS) is 11.7. The number of rotatable bonds is 3. The van der Waals surface area contributed by atoms with E-state index in [1.165, 1.54) is 69.9 Å². The summed E-state index contributed by atoms with van der Waals surface area (Å²) in [6, 6.07) is 48.5. The largest absolute Gasteiger partial charge is 0.309 e. The topological polar surface area (TPSA) is 4.93 Å². The van der Waals surface area contributed by atoms with Crippen LogP contribution in [0.25, 0.3) is 69.9 Å². The molecule has 0 radical (unpaired) electrons. The molecule has 1 nitrogen and oxygen atoms in total. The first-order valence-electron chi connectivity index (χ1n) is 13.0. The van der Waals surface area contributed by atoms with Crippen LogP contribution in [0.1, 0.15) is 0 Å². The first-order chi connectivity index (χ1) is 19.2. The third kappa shape index (κ3) is 3.65. The van der Waals surface area contributed by atoms with Gasteiger partial charge in [-0.3, -0.25) is 0 Å². The quantitative estimate of drug-likeness (QED) is 0.196. The van der Waals surface area contributed by atoms with Crippen molar-refractivity contribution >= 4 is 69.2 Å². The summed E-state index contributed by atoms with van der Waals surface area (Å²) < 4.78 is 6.17. The van der Waals surface area contributed by atoms with E-state index in [2.05, 4.69) is 154 Å². The van der Waals surface area contributed by atoms with Gasteiger partial charge in [-0.1, -0.05) is 101 Å². The van der Waals surface area contributed by atoms with Gasteiger partial charge < -0.3 is 4.57 Å². The average molecular weight is 581 g/mol. The predicted octanol–water partition coefficient (Wildman–Crippen LogP) is 11.2. The number of hydrogen-bond donors (Lipinski definition) is 0. The molecule has 0 aliphatic rings. The summed E-state index contributed by atoms with van der Waals surface area (Å²) in [5, 5.41) is 5.20. The Morgan fingerprint density at radius 1 is 0.462 bits per heavy atom. The van der Waals surface area contributed by atoms with Gasteiger partial charge in [0.1, 0.15) is 0 Å². The average Bonchev–Trinajstić information content (AvgIpc) is 3.52. The second-order valence-electron chi connectivity index (χ2n) is 9.92. The Bertz CT molecular complexity index is 2200. The molecule has 184 valence electrons. The van der Waals surface area contributed by atoms with Crippen molar-refractivity contribution in [2.75, 3.05) is 0 Å². The Balaban J connectivity index is 1.31. The molecule has 2 heterocycles. The van der Waals surface area contributed by atoms with E-state index in [0.717, 1.165) is 4.47 Å². The molecule has 6 aromatic carbocycles. The van der Waals surface area contributed by atoms with E-state index < -0.39 is 0 Å². The molecule has 0 saturated carbocycles. The Morgan fingerprint density at radius 3 is 2.10 bits per heavy atom. The van der Waals surface area contributed by atoms with Crippen molar-refractivity contribution in [1.82, 2.24) is 4.57 Å². The summed E-state index contributed by atoms with van der Waals surface area (Å²) in [4.78, 5) is 0. The number of nitrogens with zero attached hydrogens (tertiary/aromatic N) is 1. The molecule has 8 aromatic rings. The summed E-state index contributed by atoms with van der Waals surface area (Å²) in [5.74, 6) is 0. The van der Waals surface area contributed by atoms with Crippen LogP contribution in [0.4, 0.5) is 0 Å². The Kier molecular flexibility index (Phi) is 5.22. The molecule has 0 fully saturated rings. The summed E-state index contributed by atoms with van der Waals surface area (Å²) in [7, 11) is 0. The van der Waals surface area contributed by atoms with Gasteiger partial charge in [0.25, 0.3) is 0 Å². The molecular weight excluding hydrogens is 558 g/mol. The van der Waals surface area contributed by atoms with E-state index in [4.69, 9.17) is 0 Å². The first-order valence-corrected chi connectivity index (χ1v) is 14.7. The highest BCUT2D eigenvalue weighted by Gasteiger charge is 2.15. The Labute approximate surface area is 238 Å². The van der Waals surface area contributed by atoms with Crippen molar-refractivity contribution in [3.63, 3.8) is 0 Å². The minimum atomic E-state index is 1.11. The number of benzene rings is 6. The van der Waals surface area contributed by atoms with Crippen molar-refractivity contribution in [2.45, 2.75) is 0 Å². The number of thiophene rings is 1. The summed E-state index contributed by atoms with van der Waals surface area (Å²) >= 11 is 5.59. The zero-order valence-electron chi connectivity index (χ0n) is 20.9. The van der Waals surface area contributed by atoms with Crippen LogP contribution in [-0.2, 0) is 0 Å². The molecule has 0 amide bonds. The van der Waals surface area contributed by atoms with E-state index in [1.807, 2.05) is 11.3 Å². The van der Waals surface area contributed by atoms with E-state index in [-0.39, 0.29) is 0 Å². The summed E-state index contributed by atoms with van der Waals surface area (Å²) in [6.07, 6.45) is 0. The predicted molar refractivity (Wildman–Crippen MR) is 172 cm³/mol. The van der Waals surface area contributed by atoms with Crippen LogP contribution in [0.3, 0.4) is 0 Å². The molecule has 0 aliphatic carbocycles. The molecule has 0 spiro atoms. The van der Waals surface area contributed by atoms with Gasteiger partial charge in [0.2, 0.25) is 0 Å². The molecule has 0 atom stereocenters. The maximum Gasteiger partial charge on any atom is 0.0541 e. The molecule has 0 unspecified atom stereocenters. The fourth-order valence-corrected chi connectivity index (χ4v) is 7.50. The number of halogens is 1. The second kappa shape index (κ2) is 8.94. The molecule has 0 saturated heterocycles. The van der Waals surface area contributed by atoms with Crippen LogP contribution in [-0.4, -0.2) is 4.57 Å². The lowest BCUT2D eigenvalue weighted by Gasteiger charge is -2.10. The maximum absolute atomic E-state index is 3.72. The first kappa shape index (κ1) is 22.8. The molecule has 0 aliphatic heterocycles. The van der Waals surface area contributed by atoms with Gasteiger partial charge in [-0.25, -0.2) is 0 Å². The zero-order chi connectivity index (χ0) is 25.9. The number of hydrogen-bond acceptors (Lipinski definition) is 1. The lowest BCUT2D eigenvalue weighted by molar-refractivity contribution is 1.19. The monoisotopic (exact) mass is 579 g/mol. The van der Waals surface area contributed by atoms with Crippen LogP contribution in [0.15, 0.2) is 138 Å². The lowest BCUT2D eigenvalue weighted by Crippen LogP contribution is -1.93. The van der Waals surface area contributed by atoms with Crippen LogP contribution >= 0.6 is 27.3 Å². The standard InChI is InChI=1S/C36H22BrNS/c37-32-13-4-1-10-27(32)25-9-7-8-23(20-25)24-16-19-34-31(21-24)28-11-2-5-14-33(28)38(34)26-17-18-30-29-12-3-6-15-35(29)39-36(30)22-26/h1-22H. The Morgan fingerprint density at radius 2 is 1.18 bits per heavy atom. The minimum absolute atomic E-state index is 1.11. The van der Waals surface area contributed by atoms with E-state index in [1.54, 1.807) is 0 Å². The molecular formula is C36H22BrNS. The highest BCUT2D eigenvalue weighted by atomic mass is 79.9. The summed E-state index contributed by atoms with van der Waals surface area (Å²) in [5.41, 5.74) is 8.50. The van der Waals surface area contributed by atoms with Crippen molar-refractivity contribution in [3.05, 3.63) is 138 Å². The fourth-order valence-electron chi connectivity index (χ4n) is 5.85. The number of aromatic nitrogens is 1. The van der Waals surface area contributed by atoms with Gasteiger partial charge in [0.05, 0.1) is 11.0 Å². The smallest absolute Gasteiger partial charge is 0.0541 e. The number of fused-ring (bicyclic) bond motifs is 6. The van der Waals surface area contributed by atoms with Crippen molar-refractivity contribution < 1.29 is 0 Å². The molecule has 0 N–H and O–H groups in total. The van der Waals surface area contributed by atoms with Gasteiger partial charge in [0.15, 0.2) is 0 Å². The highest BCUT2D eigenvalue weighted by Crippen LogP contribution is 2.39.